The van der Waals surface area contributed by atoms with Crippen LogP contribution in [0, 0.1) is 8.99 Å². The molecule has 0 bridgehead atoms. The van der Waals surface area contributed by atoms with Gasteiger partial charge in [0, 0.05) is 9.61 Å². The van der Waals surface area contributed by atoms with E-state index in [1.807, 2.05) is 0 Å². The van der Waals surface area contributed by atoms with Crippen molar-refractivity contribution >= 4 is 22.6 Å². The molecule has 1 unspecified atom stereocenters. The maximum absolute atomic E-state index is 5.86. The average Bonchev–Trinajstić information content (AvgIpc) is 2.06. The SMILES string of the molecule is CC(N)CC(C)(C)Cc1ccc(I)cc1. The molecule has 1 atom stereocenters. The van der Waals surface area contributed by atoms with Crippen LogP contribution in [0.25, 0.3) is 0 Å². The number of rotatable bonds is 4. The van der Waals surface area contributed by atoms with Crippen LogP contribution < -0.4 is 5.73 Å². The summed E-state index contributed by atoms with van der Waals surface area (Å²) in [7, 11) is 0. The Balaban J connectivity index is 2.64. The van der Waals surface area contributed by atoms with E-state index in [-0.39, 0.29) is 6.04 Å². The standard InChI is InChI=1S/C13H20IN/c1-10(15)8-13(2,3)9-11-4-6-12(14)7-5-11/h4-7,10H,8-9,15H2,1-3H3. The zero-order valence-corrected chi connectivity index (χ0v) is 11.9. The summed E-state index contributed by atoms with van der Waals surface area (Å²) in [5.74, 6) is 0. The van der Waals surface area contributed by atoms with Gasteiger partial charge in [-0.05, 0) is 65.5 Å². The molecule has 0 saturated heterocycles. The topological polar surface area (TPSA) is 26.0 Å². The summed E-state index contributed by atoms with van der Waals surface area (Å²) in [6.07, 6.45) is 2.17. The third-order valence-electron chi connectivity index (χ3n) is 2.47. The summed E-state index contributed by atoms with van der Waals surface area (Å²) in [5, 5.41) is 0. The molecule has 0 aliphatic heterocycles. The summed E-state index contributed by atoms with van der Waals surface area (Å²) in [6.45, 7) is 6.65. The summed E-state index contributed by atoms with van der Waals surface area (Å²) in [5.41, 5.74) is 7.55. The van der Waals surface area contributed by atoms with Gasteiger partial charge in [-0.2, -0.15) is 0 Å². The first kappa shape index (κ1) is 13.0. The van der Waals surface area contributed by atoms with Gasteiger partial charge >= 0.3 is 0 Å². The Morgan fingerprint density at radius 2 is 1.80 bits per heavy atom. The minimum absolute atomic E-state index is 0.281. The van der Waals surface area contributed by atoms with Crippen LogP contribution in [0.1, 0.15) is 32.8 Å². The Morgan fingerprint density at radius 3 is 2.27 bits per heavy atom. The van der Waals surface area contributed by atoms with Crippen LogP contribution in [0.3, 0.4) is 0 Å². The highest BCUT2D eigenvalue weighted by molar-refractivity contribution is 14.1. The molecular weight excluding hydrogens is 297 g/mol. The van der Waals surface area contributed by atoms with Crippen molar-refractivity contribution < 1.29 is 0 Å². The van der Waals surface area contributed by atoms with Gasteiger partial charge in [0.25, 0.3) is 0 Å². The van der Waals surface area contributed by atoms with E-state index in [0.717, 1.165) is 12.8 Å². The maximum Gasteiger partial charge on any atom is 0.0130 e. The molecule has 0 amide bonds. The maximum atomic E-state index is 5.86. The number of nitrogens with two attached hydrogens (primary N) is 1. The fourth-order valence-electron chi connectivity index (χ4n) is 2.10. The van der Waals surface area contributed by atoms with Gasteiger partial charge in [-0.3, -0.25) is 0 Å². The van der Waals surface area contributed by atoms with Crippen molar-refractivity contribution in [3.05, 3.63) is 33.4 Å². The van der Waals surface area contributed by atoms with Crippen LogP contribution in [0.4, 0.5) is 0 Å². The zero-order chi connectivity index (χ0) is 11.5. The van der Waals surface area contributed by atoms with E-state index in [1.54, 1.807) is 0 Å². The first-order chi connectivity index (χ1) is 6.89. The molecule has 0 aliphatic carbocycles. The Kier molecular flexibility index (Phi) is 4.59. The minimum Gasteiger partial charge on any atom is -0.328 e. The Bertz CT molecular complexity index is 301. The molecule has 2 N–H and O–H groups in total. The second-order valence-corrected chi connectivity index (χ2v) is 6.39. The van der Waals surface area contributed by atoms with Crippen molar-refractivity contribution in [1.29, 1.82) is 0 Å². The molecule has 15 heavy (non-hydrogen) atoms. The number of benzene rings is 1. The molecule has 0 aliphatic rings. The largest absolute Gasteiger partial charge is 0.328 e. The first-order valence-electron chi connectivity index (χ1n) is 5.39. The summed E-state index contributed by atoms with van der Waals surface area (Å²) in [4.78, 5) is 0. The zero-order valence-electron chi connectivity index (χ0n) is 9.76. The quantitative estimate of drug-likeness (QED) is 0.844. The van der Waals surface area contributed by atoms with Gasteiger partial charge in [-0.15, -0.1) is 0 Å². The normalized spacial score (nSPS) is 13.9. The van der Waals surface area contributed by atoms with Crippen molar-refractivity contribution in [3.63, 3.8) is 0 Å². The summed E-state index contributed by atoms with van der Waals surface area (Å²) in [6, 6.07) is 9.04. The Labute approximate surface area is 107 Å². The highest BCUT2D eigenvalue weighted by Crippen LogP contribution is 2.27. The van der Waals surface area contributed by atoms with Gasteiger partial charge in [0.15, 0.2) is 0 Å². The lowest BCUT2D eigenvalue weighted by Gasteiger charge is -2.26. The second-order valence-electron chi connectivity index (χ2n) is 5.15. The number of hydrogen-bond donors (Lipinski definition) is 1. The van der Waals surface area contributed by atoms with Crippen LogP contribution in [-0.2, 0) is 6.42 Å². The third-order valence-corrected chi connectivity index (χ3v) is 3.19. The van der Waals surface area contributed by atoms with Crippen LogP contribution >= 0.6 is 22.6 Å². The predicted molar refractivity (Wildman–Crippen MR) is 74.9 cm³/mol. The van der Waals surface area contributed by atoms with Crippen LogP contribution in [0.5, 0.6) is 0 Å². The van der Waals surface area contributed by atoms with Crippen LogP contribution in [0.2, 0.25) is 0 Å². The Hall–Kier alpha value is -0.0900. The molecule has 0 spiro atoms. The molecular formula is C13H20IN. The first-order valence-corrected chi connectivity index (χ1v) is 6.47. The van der Waals surface area contributed by atoms with Gasteiger partial charge in [0.05, 0.1) is 0 Å². The number of hydrogen-bond acceptors (Lipinski definition) is 1. The van der Waals surface area contributed by atoms with Crippen LogP contribution in [0.15, 0.2) is 24.3 Å². The van der Waals surface area contributed by atoms with E-state index in [0.29, 0.717) is 5.41 Å². The molecule has 2 heteroatoms. The Morgan fingerprint density at radius 1 is 1.27 bits per heavy atom. The number of halogens is 1. The molecule has 0 radical (unpaired) electrons. The van der Waals surface area contributed by atoms with Crippen molar-refractivity contribution in [2.45, 2.75) is 39.7 Å². The molecule has 1 aromatic rings. The van der Waals surface area contributed by atoms with Gasteiger partial charge in [-0.25, -0.2) is 0 Å². The smallest absolute Gasteiger partial charge is 0.0130 e. The second kappa shape index (κ2) is 5.30. The van der Waals surface area contributed by atoms with Crippen molar-refractivity contribution in [2.75, 3.05) is 0 Å². The highest BCUT2D eigenvalue weighted by Gasteiger charge is 2.19. The van der Waals surface area contributed by atoms with Crippen LogP contribution in [-0.4, -0.2) is 6.04 Å². The fourth-order valence-corrected chi connectivity index (χ4v) is 2.46. The van der Waals surface area contributed by atoms with Gasteiger partial charge in [0.2, 0.25) is 0 Å². The predicted octanol–water partition coefficient (Wildman–Crippen LogP) is 3.60. The van der Waals surface area contributed by atoms with E-state index in [1.165, 1.54) is 9.13 Å². The minimum atomic E-state index is 0.281. The van der Waals surface area contributed by atoms with E-state index in [2.05, 4.69) is 67.6 Å². The van der Waals surface area contributed by atoms with E-state index >= 15 is 0 Å². The van der Waals surface area contributed by atoms with E-state index in [4.69, 9.17) is 5.73 Å². The van der Waals surface area contributed by atoms with Gasteiger partial charge < -0.3 is 5.73 Å². The fraction of sp³-hybridized carbons (Fsp3) is 0.538. The molecule has 1 rings (SSSR count). The molecule has 84 valence electrons. The third kappa shape index (κ3) is 4.98. The van der Waals surface area contributed by atoms with Crippen molar-refractivity contribution in [1.82, 2.24) is 0 Å². The summed E-state index contributed by atoms with van der Waals surface area (Å²) < 4.78 is 1.29. The molecule has 0 fully saturated rings. The van der Waals surface area contributed by atoms with Gasteiger partial charge in [-0.1, -0.05) is 26.0 Å². The van der Waals surface area contributed by atoms with Crippen molar-refractivity contribution in [2.24, 2.45) is 11.1 Å². The molecule has 1 nitrogen and oxygen atoms in total. The van der Waals surface area contributed by atoms with E-state index in [9.17, 15) is 0 Å². The van der Waals surface area contributed by atoms with Gasteiger partial charge in [0.1, 0.15) is 0 Å². The van der Waals surface area contributed by atoms with Crippen molar-refractivity contribution in [3.8, 4) is 0 Å². The lowest BCUT2D eigenvalue weighted by molar-refractivity contribution is 0.309. The highest BCUT2D eigenvalue weighted by atomic mass is 127. The summed E-state index contributed by atoms with van der Waals surface area (Å²) >= 11 is 2.33. The molecule has 0 saturated carbocycles. The molecule has 0 aromatic heterocycles. The lowest BCUT2D eigenvalue weighted by atomic mass is 9.80. The van der Waals surface area contributed by atoms with E-state index < -0.39 is 0 Å². The lowest BCUT2D eigenvalue weighted by Crippen LogP contribution is -2.26. The average molecular weight is 317 g/mol. The molecule has 0 heterocycles. The monoisotopic (exact) mass is 317 g/mol. The molecule has 1 aromatic carbocycles.